The minimum Gasteiger partial charge on any atom is -0.358 e. The molecule has 0 fully saturated rings. The van der Waals surface area contributed by atoms with Crippen LogP contribution in [0.1, 0.15) is 17.0 Å². The molecule has 1 aliphatic heterocycles. The van der Waals surface area contributed by atoms with E-state index < -0.39 is 5.92 Å². The lowest BCUT2D eigenvalue weighted by atomic mass is 9.89. The van der Waals surface area contributed by atoms with E-state index in [0.717, 1.165) is 21.9 Å². The fraction of sp³-hybridized carbons (Fsp3) is 0.227. The molecule has 2 heterocycles. The van der Waals surface area contributed by atoms with E-state index in [2.05, 4.69) is 15.6 Å². The Kier molecular flexibility index (Phi) is 5.47. The third-order valence-corrected chi connectivity index (χ3v) is 5.44. The molecule has 0 spiro atoms. The highest BCUT2D eigenvalue weighted by atomic mass is 35.5. The number of fused-ring (bicyclic) bond motifs is 2. The standard InChI is InChI=1S/C22H21ClN4O2/c1-24-21(28)13-27-11-15-6-7-16(23)8-18(15)19(12-27)22(29)26-20-10-25-9-14-4-2-3-5-17(14)20/h2-10,19H,11-13H2,1H3,(H,24,28)(H,26,29). The number of carbonyl (C=O) groups is 2. The summed E-state index contributed by atoms with van der Waals surface area (Å²) >= 11 is 6.21. The smallest absolute Gasteiger partial charge is 0.233 e. The first-order chi connectivity index (χ1) is 14.0. The van der Waals surface area contributed by atoms with Crippen LogP contribution in [0.3, 0.4) is 0 Å². The van der Waals surface area contributed by atoms with E-state index in [1.165, 1.54) is 0 Å². The molecule has 29 heavy (non-hydrogen) atoms. The molecule has 0 saturated carbocycles. The minimum absolute atomic E-state index is 0.0835. The first-order valence-corrected chi connectivity index (χ1v) is 9.78. The minimum atomic E-state index is -0.443. The van der Waals surface area contributed by atoms with Gasteiger partial charge in [-0.2, -0.15) is 0 Å². The maximum atomic E-state index is 13.3. The van der Waals surface area contributed by atoms with Crippen molar-refractivity contribution in [3.63, 3.8) is 0 Å². The van der Waals surface area contributed by atoms with Crippen molar-refractivity contribution in [3.05, 3.63) is 71.0 Å². The van der Waals surface area contributed by atoms with Gasteiger partial charge in [0.2, 0.25) is 11.8 Å². The number of benzene rings is 2. The Labute approximate surface area is 173 Å². The van der Waals surface area contributed by atoms with Gasteiger partial charge >= 0.3 is 0 Å². The summed E-state index contributed by atoms with van der Waals surface area (Å²) in [6, 6.07) is 13.4. The zero-order valence-electron chi connectivity index (χ0n) is 16.0. The predicted molar refractivity (Wildman–Crippen MR) is 114 cm³/mol. The van der Waals surface area contributed by atoms with Crippen molar-refractivity contribution in [3.8, 4) is 0 Å². The average Bonchev–Trinajstić information content (AvgIpc) is 2.73. The molecule has 0 aliphatic carbocycles. The van der Waals surface area contributed by atoms with Gasteiger partial charge in [-0.3, -0.25) is 19.5 Å². The van der Waals surface area contributed by atoms with Crippen LogP contribution in [0.25, 0.3) is 10.8 Å². The SMILES string of the molecule is CNC(=O)CN1Cc2ccc(Cl)cc2C(C(=O)Nc2cncc3ccccc23)C1. The molecule has 2 aromatic carbocycles. The molecule has 1 unspecified atom stereocenters. The van der Waals surface area contributed by atoms with Crippen LogP contribution in [0.5, 0.6) is 0 Å². The van der Waals surface area contributed by atoms with Crippen molar-refractivity contribution < 1.29 is 9.59 Å². The lowest BCUT2D eigenvalue weighted by molar-refractivity contribution is -0.123. The lowest BCUT2D eigenvalue weighted by Gasteiger charge is -2.33. The van der Waals surface area contributed by atoms with E-state index in [1.807, 2.05) is 47.4 Å². The Morgan fingerprint density at radius 3 is 2.86 bits per heavy atom. The van der Waals surface area contributed by atoms with Crippen molar-refractivity contribution >= 4 is 39.9 Å². The average molecular weight is 409 g/mol. The van der Waals surface area contributed by atoms with Crippen LogP contribution < -0.4 is 10.6 Å². The van der Waals surface area contributed by atoms with Crippen LogP contribution in [-0.4, -0.2) is 41.8 Å². The van der Waals surface area contributed by atoms with Crippen molar-refractivity contribution in [2.45, 2.75) is 12.5 Å². The first kappa shape index (κ1) is 19.4. The normalized spacial score (nSPS) is 16.3. The van der Waals surface area contributed by atoms with Crippen LogP contribution in [0.15, 0.2) is 54.9 Å². The zero-order valence-corrected chi connectivity index (χ0v) is 16.7. The van der Waals surface area contributed by atoms with E-state index in [4.69, 9.17) is 11.6 Å². The van der Waals surface area contributed by atoms with Gasteiger partial charge in [0.15, 0.2) is 0 Å². The molecule has 2 amide bonds. The summed E-state index contributed by atoms with van der Waals surface area (Å²) in [7, 11) is 1.61. The number of amides is 2. The Bertz CT molecular complexity index is 1080. The Balaban J connectivity index is 1.65. The summed E-state index contributed by atoms with van der Waals surface area (Å²) in [4.78, 5) is 31.4. The van der Waals surface area contributed by atoms with Gasteiger partial charge in [-0.15, -0.1) is 0 Å². The zero-order chi connectivity index (χ0) is 20.4. The molecule has 0 bridgehead atoms. The fourth-order valence-corrected chi connectivity index (χ4v) is 3.94. The Morgan fingerprint density at radius 1 is 1.21 bits per heavy atom. The molecular weight excluding hydrogens is 388 g/mol. The summed E-state index contributed by atoms with van der Waals surface area (Å²) in [5, 5.41) is 8.15. The third-order valence-electron chi connectivity index (χ3n) is 5.21. The molecule has 1 atom stereocenters. The number of anilines is 1. The molecule has 148 valence electrons. The molecule has 7 heteroatoms. The van der Waals surface area contributed by atoms with E-state index in [1.54, 1.807) is 19.4 Å². The Morgan fingerprint density at radius 2 is 2.03 bits per heavy atom. The predicted octanol–water partition coefficient (Wildman–Crippen LogP) is 3.17. The number of carbonyl (C=O) groups excluding carboxylic acids is 2. The van der Waals surface area contributed by atoms with Gasteiger partial charge in [0.05, 0.1) is 24.3 Å². The summed E-state index contributed by atoms with van der Waals surface area (Å²) < 4.78 is 0. The van der Waals surface area contributed by atoms with Crippen molar-refractivity contribution in [1.82, 2.24) is 15.2 Å². The fourth-order valence-electron chi connectivity index (χ4n) is 3.76. The topological polar surface area (TPSA) is 74.3 Å². The number of nitrogens with zero attached hydrogens (tertiary/aromatic N) is 2. The number of rotatable bonds is 4. The van der Waals surface area contributed by atoms with Crippen molar-refractivity contribution in [2.24, 2.45) is 0 Å². The number of halogens is 1. The molecule has 0 saturated heterocycles. The molecule has 0 radical (unpaired) electrons. The number of pyridine rings is 1. The molecule has 3 aromatic rings. The van der Waals surface area contributed by atoms with Gasteiger partial charge in [-0.05, 0) is 23.3 Å². The van der Waals surface area contributed by atoms with E-state index >= 15 is 0 Å². The van der Waals surface area contributed by atoms with Gasteiger partial charge in [-0.1, -0.05) is 41.9 Å². The van der Waals surface area contributed by atoms with Crippen LogP contribution in [0.4, 0.5) is 5.69 Å². The largest absolute Gasteiger partial charge is 0.358 e. The van der Waals surface area contributed by atoms with Crippen LogP contribution in [0.2, 0.25) is 5.02 Å². The number of aromatic nitrogens is 1. The number of nitrogens with one attached hydrogen (secondary N) is 2. The van der Waals surface area contributed by atoms with Gasteiger partial charge in [0.25, 0.3) is 0 Å². The van der Waals surface area contributed by atoms with E-state index in [-0.39, 0.29) is 18.4 Å². The maximum Gasteiger partial charge on any atom is 0.233 e. The summed E-state index contributed by atoms with van der Waals surface area (Å²) in [6.07, 6.45) is 3.43. The second kappa shape index (κ2) is 8.19. The third kappa shape index (κ3) is 4.09. The summed E-state index contributed by atoms with van der Waals surface area (Å²) in [5.41, 5.74) is 2.57. The second-order valence-electron chi connectivity index (χ2n) is 7.14. The Hall–Kier alpha value is -2.96. The lowest BCUT2D eigenvalue weighted by Crippen LogP contribution is -2.43. The highest BCUT2D eigenvalue weighted by Crippen LogP contribution is 2.32. The molecular formula is C22H21ClN4O2. The number of likely N-dealkylation sites (N-methyl/N-ethyl adjacent to an activating group) is 1. The van der Waals surface area contributed by atoms with Gasteiger partial charge < -0.3 is 10.6 Å². The highest BCUT2D eigenvalue weighted by Gasteiger charge is 2.31. The van der Waals surface area contributed by atoms with Gasteiger partial charge in [-0.25, -0.2) is 0 Å². The summed E-state index contributed by atoms with van der Waals surface area (Å²) in [6.45, 7) is 1.27. The van der Waals surface area contributed by atoms with E-state index in [9.17, 15) is 9.59 Å². The number of hydrogen-bond donors (Lipinski definition) is 2. The maximum absolute atomic E-state index is 13.3. The highest BCUT2D eigenvalue weighted by molar-refractivity contribution is 6.30. The first-order valence-electron chi connectivity index (χ1n) is 9.40. The van der Waals surface area contributed by atoms with Gasteiger partial charge in [0.1, 0.15) is 0 Å². The molecule has 1 aliphatic rings. The van der Waals surface area contributed by atoms with Gasteiger partial charge in [0, 0.05) is 42.1 Å². The van der Waals surface area contributed by atoms with Crippen LogP contribution >= 0.6 is 11.6 Å². The molecule has 6 nitrogen and oxygen atoms in total. The molecule has 4 rings (SSSR count). The van der Waals surface area contributed by atoms with Crippen LogP contribution in [-0.2, 0) is 16.1 Å². The monoisotopic (exact) mass is 408 g/mol. The summed E-state index contributed by atoms with van der Waals surface area (Å²) in [5.74, 6) is -0.672. The van der Waals surface area contributed by atoms with Crippen molar-refractivity contribution in [2.75, 3.05) is 25.5 Å². The second-order valence-corrected chi connectivity index (χ2v) is 7.57. The molecule has 1 aromatic heterocycles. The van der Waals surface area contributed by atoms with Crippen LogP contribution in [0, 0.1) is 0 Å². The van der Waals surface area contributed by atoms with Crippen molar-refractivity contribution in [1.29, 1.82) is 0 Å². The number of hydrogen-bond acceptors (Lipinski definition) is 4. The van der Waals surface area contributed by atoms with E-state index in [0.29, 0.717) is 23.8 Å². The molecule has 2 N–H and O–H groups in total. The quantitative estimate of drug-likeness (QED) is 0.695.